The number of ether oxygens (including phenoxy) is 1. The van der Waals surface area contributed by atoms with E-state index in [0.717, 1.165) is 28.0 Å². The van der Waals surface area contributed by atoms with Crippen LogP contribution in [0, 0.1) is 0 Å². The fourth-order valence-electron chi connectivity index (χ4n) is 2.71. The quantitative estimate of drug-likeness (QED) is 0.880. The Balaban J connectivity index is 1.91. The van der Waals surface area contributed by atoms with E-state index in [-0.39, 0.29) is 6.04 Å². The molecule has 104 valence electrons. The van der Waals surface area contributed by atoms with Crippen molar-refractivity contribution >= 4 is 15.9 Å². The minimum absolute atomic E-state index is 0.0584. The van der Waals surface area contributed by atoms with Gasteiger partial charge in [-0.05, 0) is 67.6 Å². The van der Waals surface area contributed by atoms with Crippen LogP contribution in [0.5, 0.6) is 11.5 Å². The summed E-state index contributed by atoms with van der Waals surface area (Å²) >= 11 is 3.48. The maximum atomic E-state index is 6.05. The van der Waals surface area contributed by atoms with E-state index >= 15 is 0 Å². The van der Waals surface area contributed by atoms with Crippen molar-refractivity contribution in [3.8, 4) is 11.5 Å². The van der Waals surface area contributed by atoms with Crippen LogP contribution in [-0.4, -0.2) is 0 Å². The van der Waals surface area contributed by atoms with Crippen molar-refractivity contribution in [3.63, 3.8) is 0 Å². The molecular formula is C17H18BrNO. The van der Waals surface area contributed by atoms with Crippen molar-refractivity contribution in [1.29, 1.82) is 0 Å². The normalized spacial score (nSPS) is 14.9. The second kappa shape index (κ2) is 5.58. The summed E-state index contributed by atoms with van der Waals surface area (Å²) in [5.41, 5.74) is 9.92. The number of rotatable bonds is 3. The second-order valence-corrected chi connectivity index (χ2v) is 6.27. The van der Waals surface area contributed by atoms with Crippen LogP contribution in [0.3, 0.4) is 0 Å². The lowest BCUT2D eigenvalue weighted by molar-refractivity contribution is 0.471. The molecule has 1 aliphatic carbocycles. The van der Waals surface area contributed by atoms with Gasteiger partial charge in [-0.3, -0.25) is 0 Å². The molecule has 2 aromatic rings. The van der Waals surface area contributed by atoms with Gasteiger partial charge < -0.3 is 10.5 Å². The summed E-state index contributed by atoms with van der Waals surface area (Å²) in [6.07, 6.45) is 3.61. The average molecular weight is 332 g/mol. The molecule has 3 rings (SSSR count). The van der Waals surface area contributed by atoms with E-state index in [2.05, 4.69) is 34.1 Å². The number of fused-ring (bicyclic) bond motifs is 1. The molecule has 0 saturated carbocycles. The van der Waals surface area contributed by atoms with Crippen LogP contribution in [0.1, 0.15) is 36.1 Å². The second-order valence-electron chi connectivity index (χ2n) is 5.36. The number of aryl methyl sites for hydroxylation is 2. The highest BCUT2D eigenvalue weighted by Crippen LogP contribution is 2.33. The van der Waals surface area contributed by atoms with Crippen LogP contribution < -0.4 is 10.5 Å². The predicted molar refractivity (Wildman–Crippen MR) is 85.3 cm³/mol. The Morgan fingerprint density at radius 1 is 1.10 bits per heavy atom. The molecule has 1 atom stereocenters. The highest BCUT2D eigenvalue weighted by atomic mass is 79.9. The summed E-state index contributed by atoms with van der Waals surface area (Å²) in [5, 5.41) is 0. The van der Waals surface area contributed by atoms with E-state index in [0.29, 0.717) is 0 Å². The third-order valence-corrected chi connectivity index (χ3v) is 4.25. The number of hydrogen-bond donors (Lipinski definition) is 1. The molecule has 1 aliphatic rings. The van der Waals surface area contributed by atoms with Gasteiger partial charge in [-0.15, -0.1) is 0 Å². The fraction of sp³-hybridized carbons (Fsp3) is 0.294. The van der Waals surface area contributed by atoms with Gasteiger partial charge >= 0.3 is 0 Å². The molecule has 0 fully saturated rings. The summed E-state index contributed by atoms with van der Waals surface area (Å²) < 4.78 is 7.07. The van der Waals surface area contributed by atoms with Crippen molar-refractivity contribution in [2.24, 2.45) is 5.73 Å². The summed E-state index contributed by atoms with van der Waals surface area (Å²) in [7, 11) is 0. The monoisotopic (exact) mass is 331 g/mol. The van der Waals surface area contributed by atoms with E-state index in [4.69, 9.17) is 10.5 Å². The Kier molecular flexibility index (Phi) is 3.81. The van der Waals surface area contributed by atoms with E-state index in [1.165, 1.54) is 24.0 Å². The van der Waals surface area contributed by atoms with Gasteiger partial charge in [0.25, 0.3) is 0 Å². The molecule has 20 heavy (non-hydrogen) atoms. The van der Waals surface area contributed by atoms with Crippen LogP contribution in [0.4, 0.5) is 0 Å². The maximum Gasteiger partial charge on any atom is 0.132 e. The molecule has 0 amide bonds. The molecule has 0 heterocycles. The molecule has 2 aromatic carbocycles. The highest BCUT2D eigenvalue weighted by Gasteiger charge is 2.13. The predicted octanol–water partition coefficient (Wildman–Crippen LogP) is 4.75. The highest BCUT2D eigenvalue weighted by molar-refractivity contribution is 9.10. The van der Waals surface area contributed by atoms with Crippen LogP contribution >= 0.6 is 15.9 Å². The van der Waals surface area contributed by atoms with Gasteiger partial charge in [0.05, 0.1) is 0 Å². The summed E-state index contributed by atoms with van der Waals surface area (Å²) in [4.78, 5) is 0. The molecule has 0 bridgehead atoms. The van der Waals surface area contributed by atoms with Gasteiger partial charge in [-0.2, -0.15) is 0 Å². The molecule has 2 nitrogen and oxygen atoms in total. The van der Waals surface area contributed by atoms with Crippen molar-refractivity contribution in [1.82, 2.24) is 0 Å². The van der Waals surface area contributed by atoms with Crippen molar-refractivity contribution < 1.29 is 4.74 Å². The van der Waals surface area contributed by atoms with Gasteiger partial charge in [-0.1, -0.05) is 22.0 Å². The zero-order valence-corrected chi connectivity index (χ0v) is 13.1. The van der Waals surface area contributed by atoms with Gasteiger partial charge in [-0.25, -0.2) is 0 Å². The smallest absolute Gasteiger partial charge is 0.132 e. The number of benzene rings is 2. The molecule has 0 saturated heterocycles. The van der Waals surface area contributed by atoms with Crippen LogP contribution in [-0.2, 0) is 12.8 Å². The van der Waals surface area contributed by atoms with Crippen LogP contribution in [0.25, 0.3) is 0 Å². The van der Waals surface area contributed by atoms with E-state index in [9.17, 15) is 0 Å². The average Bonchev–Trinajstić information content (AvgIpc) is 2.88. The van der Waals surface area contributed by atoms with E-state index in [1.807, 2.05) is 25.1 Å². The first-order valence-electron chi connectivity index (χ1n) is 6.98. The zero-order chi connectivity index (χ0) is 14.1. The lowest BCUT2D eigenvalue weighted by atomic mass is 10.1. The summed E-state index contributed by atoms with van der Waals surface area (Å²) in [5.74, 6) is 1.73. The van der Waals surface area contributed by atoms with Gasteiger partial charge in [0.15, 0.2) is 0 Å². The van der Waals surface area contributed by atoms with Crippen LogP contribution in [0.2, 0.25) is 0 Å². The summed E-state index contributed by atoms with van der Waals surface area (Å²) in [6.45, 7) is 1.97. The van der Waals surface area contributed by atoms with Crippen molar-refractivity contribution in [3.05, 3.63) is 57.6 Å². The SMILES string of the molecule is CC(N)c1cc(Br)ccc1Oc1ccc2c(c1)CCC2. The maximum absolute atomic E-state index is 6.05. The minimum atomic E-state index is -0.0584. The van der Waals surface area contributed by atoms with Crippen molar-refractivity contribution in [2.45, 2.75) is 32.2 Å². The molecule has 0 aromatic heterocycles. The number of hydrogen-bond acceptors (Lipinski definition) is 2. The third kappa shape index (κ3) is 2.74. The first-order valence-corrected chi connectivity index (χ1v) is 7.77. The van der Waals surface area contributed by atoms with E-state index < -0.39 is 0 Å². The number of nitrogens with two attached hydrogens (primary N) is 1. The first-order chi connectivity index (χ1) is 9.63. The fourth-order valence-corrected chi connectivity index (χ4v) is 3.09. The molecule has 0 radical (unpaired) electrons. The third-order valence-electron chi connectivity index (χ3n) is 3.76. The lowest BCUT2D eigenvalue weighted by Gasteiger charge is -2.15. The Morgan fingerprint density at radius 3 is 2.70 bits per heavy atom. The molecule has 3 heteroatoms. The first kappa shape index (κ1) is 13.7. The minimum Gasteiger partial charge on any atom is -0.457 e. The molecule has 1 unspecified atom stereocenters. The van der Waals surface area contributed by atoms with Crippen molar-refractivity contribution in [2.75, 3.05) is 0 Å². The molecule has 0 spiro atoms. The Hall–Kier alpha value is -1.32. The van der Waals surface area contributed by atoms with Gasteiger partial charge in [0.1, 0.15) is 11.5 Å². The molecule has 0 aliphatic heterocycles. The molecular weight excluding hydrogens is 314 g/mol. The zero-order valence-electron chi connectivity index (χ0n) is 11.5. The topological polar surface area (TPSA) is 35.2 Å². The standard InChI is InChI=1S/C17H18BrNO/c1-11(19)16-10-14(18)6-8-17(16)20-15-7-5-12-3-2-4-13(12)9-15/h5-11H,2-4,19H2,1H3. The van der Waals surface area contributed by atoms with Crippen LogP contribution in [0.15, 0.2) is 40.9 Å². The van der Waals surface area contributed by atoms with E-state index in [1.54, 1.807) is 0 Å². The molecule has 2 N–H and O–H groups in total. The summed E-state index contributed by atoms with van der Waals surface area (Å²) in [6, 6.07) is 12.3. The lowest BCUT2D eigenvalue weighted by Crippen LogP contribution is -2.06. The Labute approximate surface area is 128 Å². The Bertz CT molecular complexity index is 637. The Morgan fingerprint density at radius 2 is 1.90 bits per heavy atom. The number of halogens is 1. The van der Waals surface area contributed by atoms with Gasteiger partial charge in [0.2, 0.25) is 0 Å². The van der Waals surface area contributed by atoms with Gasteiger partial charge in [0, 0.05) is 16.1 Å². The largest absolute Gasteiger partial charge is 0.457 e.